The molecule has 4 rings (SSSR count). The molecule has 32 heavy (non-hydrogen) atoms. The van der Waals surface area contributed by atoms with Crippen LogP contribution in [0.3, 0.4) is 0 Å². The Morgan fingerprint density at radius 2 is 2.03 bits per heavy atom. The molecule has 1 unspecified atom stereocenters. The molecule has 3 heterocycles. The summed E-state index contributed by atoms with van der Waals surface area (Å²) in [6, 6.07) is 11.3. The highest BCUT2D eigenvalue weighted by molar-refractivity contribution is 7.10. The third kappa shape index (κ3) is 4.91. The van der Waals surface area contributed by atoms with Crippen LogP contribution in [0, 0.1) is 0 Å². The number of hydrogen-bond acceptors (Lipinski definition) is 5. The second-order valence-corrected chi connectivity index (χ2v) is 8.71. The quantitative estimate of drug-likeness (QED) is 0.566. The minimum atomic E-state index is -0.589. The van der Waals surface area contributed by atoms with Gasteiger partial charge in [0.25, 0.3) is 11.8 Å². The standard InChI is InChI=1S/C24H25N3O4S/c1-2-5-19(24(30)27-11-9-21-17(15-27)10-13-32-21)26-22(28)16-6-3-7-18(14-16)25-23(29)20-8-4-12-31-20/h3-4,6-8,10,12-14,19H,2,5,9,11,15H2,1H3,(H,25,29)(H,26,28). The van der Waals surface area contributed by atoms with E-state index in [0.717, 1.165) is 12.8 Å². The van der Waals surface area contributed by atoms with Crippen LogP contribution in [-0.2, 0) is 17.8 Å². The molecule has 8 heteroatoms. The Hall–Kier alpha value is -3.39. The van der Waals surface area contributed by atoms with Crippen molar-refractivity contribution in [2.75, 3.05) is 11.9 Å². The van der Waals surface area contributed by atoms with Crippen LogP contribution in [0.2, 0.25) is 0 Å². The first-order chi connectivity index (χ1) is 15.5. The Balaban J connectivity index is 1.42. The molecule has 0 aliphatic carbocycles. The summed E-state index contributed by atoms with van der Waals surface area (Å²) in [5.74, 6) is -0.619. The van der Waals surface area contributed by atoms with Gasteiger partial charge >= 0.3 is 0 Å². The summed E-state index contributed by atoms with van der Waals surface area (Å²) in [5.41, 5.74) is 2.03. The second-order valence-electron chi connectivity index (χ2n) is 7.71. The highest BCUT2D eigenvalue weighted by Gasteiger charge is 2.28. The molecule has 3 aromatic rings. The maximum atomic E-state index is 13.2. The van der Waals surface area contributed by atoms with E-state index in [1.807, 2.05) is 11.8 Å². The van der Waals surface area contributed by atoms with E-state index in [4.69, 9.17) is 4.42 Å². The summed E-state index contributed by atoms with van der Waals surface area (Å²) in [6.45, 7) is 3.24. The molecule has 0 spiro atoms. The zero-order valence-corrected chi connectivity index (χ0v) is 18.6. The zero-order chi connectivity index (χ0) is 22.5. The van der Waals surface area contributed by atoms with E-state index < -0.39 is 11.9 Å². The summed E-state index contributed by atoms with van der Waals surface area (Å²) >= 11 is 1.73. The summed E-state index contributed by atoms with van der Waals surface area (Å²) in [4.78, 5) is 41.5. The van der Waals surface area contributed by atoms with Crippen molar-refractivity contribution in [2.45, 2.75) is 38.8 Å². The summed E-state index contributed by atoms with van der Waals surface area (Å²) in [7, 11) is 0. The molecule has 1 aliphatic heterocycles. The van der Waals surface area contributed by atoms with Crippen molar-refractivity contribution >= 4 is 34.7 Å². The minimum absolute atomic E-state index is 0.0562. The molecule has 0 fully saturated rings. The summed E-state index contributed by atoms with van der Waals surface area (Å²) < 4.78 is 5.09. The molecular weight excluding hydrogens is 426 g/mol. The number of fused-ring (bicyclic) bond motifs is 1. The fourth-order valence-electron chi connectivity index (χ4n) is 3.78. The van der Waals surface area contributed by atoms with Crippen LogP contribution in [0.1, 0.15) is 51.1 Å². The summed E-state index contributed by atoms with van der Waals surface area (Å²) in [6.07, 6.45) is 3.61. The van der Waals surface area contributed by atoms with Crippen molar-refractivity contribution in [2.24, 2.45) is 0 Å². The first kappa shape index (κ1) is 21.8. The van der Waals surface area contributed by atoms with Gasteiger partial charge in [-0.1, -0.05) is 19.4 Å². The van der Waals surface area contributed by atoms with E-state index in [-0.39, 0.29) is 17.6 Å². The lowest BCUT2D eigenvalue weighted by Crippen LogP contribution is -2.49. The van der Waals surface area contributed by atoms with Crippen LogP contribution in [0.25, 0.3) is 0 Å². The fraction of sp³-hybridized carbons (Fsp3) is 0.292. The third-order valence-electron chi connectivity index (χ3n) is 5.43. The number of furan rings is 1. The predicted molar refractivity (Wildman–Crippen MR) is 123 cm³/mol. The van der Waals surface area contributed by atoms with Gasteiger partial charge in [0.05, 0.1) is 6.26 Å². The van der Waals surface area contributed by atoms with Gasteiger partial charge in [-0.05, 0) is 60.2 Å². The Morgan fingerprint density at radius 3 is 2.81 bits per heavy atom. The fourth-order valence-corrected chi connectivity index (χ4v) is 4.67. The Bertz CT molecular complexity index is 1110. The van der Waals surface area contributed by atoms with Gasteiger partial charge in [0.2, 0.25) is 5.91 Å². The first-order valence-electron chi connectivity index (χ1n) is 10.6. The van der Waals surface area contributed by atoms with E-state index in [0.29, 0.717) is 30.8 Å². The second kappa shape index (κ2) is 9.82. The number of anilines is 1. The van der Waals surface area contributed by atoms with Crippen molar-refractivity contribution in [3.05, 3.63) is 75.9 Å². The van der Waals surface area contributed by atoms with Crippen LogP contribution < -0.4 is 10.6 Å². The van der Waals surface area contributed by atoms with Crippen molar-refractivity contribution < 1.29 is 18.8 Å². The normalized spacial score (nSPS) is 13.8. The molecule has 1 aromatic carbocycles. The Kier molecular flexibility index (Phi) is 6.70. The van der Waals surface area contributed by atoms with Gasteiger partial charge in [-0.3, -0.25) is 14.4 Å². The molecule has 166 valence electrons. The predicted octanol–water partition coefficient (Wildman–Crippen LogP) is 4.08. The number of rotatable bonds is 7. The number of thiophene rings is 1. The van der Waals surface area contributed by atoms with Gasteiger partial charge in [-0.25, -0.2) is 0 Å². The van der Waals surface area contributed by atoms with Crippen LogP contribution in [-0.4, -0.2) is 35.2 Å². The molecule has 0 saturated carbocycles. The average molecular weight is 452 g/mol. The van der Waals surface area contributed by atoms with E-state index in [1.54, 1.807) is 47.7 Å². The maximum Gasteiger partial charge on any atom is 0.291 e. The Labute approximate surface area is 190 Å². The van der Waals surface area contributed by atoms with E-state index in [2.05, 4.69) is 22.1 Å². The van der Waals surface area contributed by atoms with Gasteiger partial charge in [0.1, 0.15) is 6.04 Å². The Morgan fingerprint density at radius 1 is 1.16 bits per heavy atom. The number of benzene rings is 1. The van der Waals surface area contributed by atoms with Gasteiger partial charge in [-0.2, -0.15) is 0 Å². The van der Waals surface area contributed by atoms with E-state index in [1.165, 1.54) is 16.7 Å². The number of nitrogens with zero attached hydrogens (tertiary/aromatic N) is 1. The zero-order valence-electron chi connectivity index (χ0n) is 17.8. The van der Waals surface area contributed by atoms with Crippen LogP contribution in [0.15, 0.2) is 58.5 Å². The highest BCUT2D eigenvalue weighted by Crippen LogP contribution is 2.24. The van der Waals surface area contributed by atoms with Crippen molar-refractivity contribution in [3.63, 3.8) is 0 Å². The van der Waals surface area contributed by atoms with E-state index >= 15 is 0 Å². The van der Waals surface area contributed by atoms with Crippen molar-refractivity contribution in [1.82, 2.24) is 10.2 Å². The summed E-state index contributed by atoms with van der Waals surface area (Å²) in [5, 5.41) is 7.67. The highest BCUT2D eigenvalue weighted by atomic mass is 32.1. The van der Waals surface area contributed by atoms with Gasteiger partial charge in [0, 0.05) is 29.2 Å². The molecule has 2 N–H and O–H groups in total. The van der Waals surface area contributed by atoms with Gasteiger partial charge in [0.15, 0.2) is 5.76 Å². The number of carbonyl (C=O) groups is 3. The molecule has 3 amide bonds. The molecule has 2 aromatic heterocycles. The van der Waals surface area contributed by atoms with E-state index in [9.17, 15) is 14.4 Å². The molecule has 7 nitrogen and oxygen atoms in total. The monoisotopic (exact) mass is 451 g/mol. The number of nitrogens with one attached hydrogen (secondary N) is 2. The van der Waals surface area contributed by atoms with Crippen LogP contribution in [0.4, 0.5) is 5.69 Å². The van der Waals surface area contributed by atoms with Crippen molar-refractivity contribution in [3.8, 4) is 0 Å². The SMILES string of the molecule is CCCC(NC(=O)c1cccc(NC(=O)c2ccco2)c1)C(=O)N1CCc2sccc2C1. The smallest absolute Gasteiger partial charge is 0.291 e. The number of hydrogen-bond donors (Lipinski definition) is 2. The molecule has 0 saturated heterocycles. The topological polar surface area (TPSA) is 91.6 Å². The van der Waals surface area contributed by atoms with Gasteiger partial charge in [-0.15, -0.1) is 11.3 Å². The lowest BCUT2D eigenvalue weighted by molar-refractivity contribution is -0.134. The minimum Gasteiger partial charge on any atom is -0.459 e. The number of amides is 3. The van der Waals surface area contributed by atoms with Crippen molar-refractivity contribution in [1.29, 1.82) is 0 Å². The lowest BCUT2D eigenvalue weighted by Gasteiger charge is -2.31. The van der Waals surface area contributed by atoms with Gasteiger partial charge < -0.3 is 20.0 Å². The van der Waals surface area contributed by atoms with Crippen LogP contribution in [0.5, 0.6) is 0 Å². The maximum absolute atomic E-state index is 13.2. The largest absolute Gasteiger partial charge is 0.459 e. The number of carbonyl (C=O) groups excluding carboxylic acids is 3. The lowest BCUT2D eigenvalue weighted by atomic mass is 10.1. The molecule has 0 bridgehead atoms. The third-order valence-corrected chi connectivity index (χ3v) is 6.45. The van der Waals surface area contributed by atoms with Crippen LogP contribution >= 0.6 is 11.3 Å². The average Bonchev–Trinajstić information content (AvgIpc) is 3.50. The molecule has 1 atom stereocenters. The molecule has 0 radical (unpaired) electrons. The molecular formula is C24H25N3O4S. The molecule has 1 aliphatic rings. The first-order valence-corrected chi connectivity index (χ1v) is 11.5.